The smallest absolute Gasteiger partial charge is 0.251 e. The second-order valence-electron chi connectivity index (χ2n) is 5.74. The first kappa shape index (κ1) is 14.7. The highest BCUT2D eigenvalue weighted by molar-refractivity contribution is 5.94. The zero-order chi connectivity index (χ0) is 15.4. The molecule has 22 heavy (non-hydrogen) atoms. The molecular weight excluding hydrogens is 274 g/mol. The van der Waals surface area contributed by atoms with Crippen LogP contribution in [0.2, 0.25) is 0 Å². The Hall–Kier alpha value is -2.20. The molecule has 3 rings (SSSR count). The molecule has 1 unspecified atom stereocenters. The molecule has 0 aliphatic heterocycles. The van der Waals surface area contributed by atoms with Gasteiger partial charge >= 0.3 is 0 Å². The first-order valence-corrected chi connectivity index (χ1v) is 7.79. The van der Waals surface area contributed by atoms with Crippen molar-refractivity contribution in [2.75, 3.05) is 6.54 Å². The lowest BCUT2D eigenvalue weighted by molar-refractivity contribution is 0.0950. The molecule has 4 heteroatoms. The van der Waals surface area contributed by atoms with Gasteiger partial charge < -0.3 is 11.1 Å². The fourth-order valence-electron chi connectivity index (χ4n) is 3.06. The summed E-state index contributed by atoms with van der Waals surface area (Å²) >= 11 is 0. The number of carbonyl (C=O) groups excluding carboxylic acids is 1. The van der Waals surface area contributed by atoms with E-state index >= 15 is 0 Å². The van der Waals surface area contributed by atoms with Gasteiger partial charge in [-0.25, -0.2) is 0 Å². The summed E-state index contributed by atoms with van der Waals surface area (Å²) in [7, 11) is 0. The Bertz CT molecular complexity index is 655. The summed E-state index contributed by atoms with van der Waals surface area (Å²) < 4.78 is 0. The highest BCUT2D eigenvalue weighted by Gasteiger charge is 2.20. The molecule has 0 saturated carbocycles. The maximum atomic E-state index is 12.3. The van der Waals surface area contributed by atoms with Gasteiger partial charge in [-0.3, -0.25) is 9.78 Å². The van der Waals surface area contributed by atoms with E-state index in [1.54, 1.807) is 6.20 Å². The zero-order valence-electron chi connectivity index (χ0n) is 12.6. The lowest BCUT2D eigenvalue weighted by Crippen LogP contribution is -2.24. The van der Waals surface area contributed by atoms with E-state index in [-0.39, 0.29) is 5.91 Å². The number of benzene rings is 1. The minimum atomic E-state index is -0.0604. The van der Waals surface area contributed by atoms with Gasteiger partial charge in [-0.1, -0.05) is 12.1 Å². The normalized spacial score (nSPS) is 16.9. The Morgan fingerprint density at radius 1 is 1.32 bits per heavy atom. The Morgan fingerprint density at radius 2 is 2.23 bits per heavy atom. The van der Waals surface area contributed by atoms with E-state index in [9.17, 15) is 4.79 Å². The van der Waals surface area contributed by atoms with Crippen LogP contribution < -0.4 is 11.1 Å². The molecule has 114 valence electrons. The van der Waals surface area contributed by atoms with Crippen LogP contribution in [0.3, 0.4) is 0 Å². The molecule has 0 radical (unpaired) electrons. The van der Waals surface area contributed by atoms with E-state index in [2.05, 4.69) is 16.4 Å². The summed E-state index contributed by atoms with van der Waals surface area (Å²) in [4.78, 5) is 16.5. The van der Waals surface area contributed by atoms with Crippen molar-refractivity contribution < 1.29 is 4.79 Å². The second kappa shape index (κ2) is 6.71. The van der Waals surface area contributed by atoms with Crippen LogP contribution in [-0.2, 0) is 13.0 Å². The van der Waals surface area contributed by atoms with Crippen LogP contribution in [0, 0.1) is 0 Å². The number of carbonyl (C=O) groups is 1. The van der Waals surface area contributed by atoms with Crippen LogP contribution >= 0.6 is 0 Å². The number of nitrogens with one attached hydrogen (secondary N) is 1. The van der Waals surface area contributed by atoms with Crippen LogP contribution in [0.25, 0.3) is 0 Å². The minimum Gasteiger partial charge on any atom is -0.346 e. The van der Waals surface area contributed by atoms with Gasteiger partial charge in [-0.05, 0) is 67.1 Å². The lowest BCUT2D eigenvalue weighted by Gasteiger charge is -2.24. The first-order valence-electron chi connectivity index (χ1n) is 7.79. The SMILES string of the molecule is NCC1CCCc2ccc(C(=O)NCc3ccccn3)cc21. The third-order valence-corrected chi connectivity index (χ3v) is 4.29. The molecule has 1 amide bonds. The molecule has 0 spiro atoms. The quantitative estimate of drug-likeness (QED) is 0.910. The van der Waals surface area contributed by atoms with Crippen LogP contribution in [0.4, 0.5) is 0 Å². The molecular formula is C18H21N3O. The largest absolute Gasteiger partial charge is 0.346 e. The predicted octanol–water partition coefficient (Wildman–Crippen LogP) is 2.39. The fraction of sp³-hybridized carbons (Fsp3) is 0.333. The third kappa shape index (κ3) is 3.17. The van der Waals surface area contributed by atoms with Gasteiger partial charge in [0.2, 0.25) is 0 Å². The van der Waals surface area contributed by atoms with Crippen molar-refractivity contribution >= 4 is 5.91 Å². The number of aryl methyl sites for hydroxylation is 1. The first-order chi connectivity index (χ1) is 10.8. The number of hydrogen-bond acceptors (Lipinski definition) is 3. The van der Waals surface area contributed by atoms with Gasteiger partial charge in [0.1, 0.15) is 0 Å². The Labute approximate surface area is 130 Å². The van der Waals surface area contributed by atoms with Gasteiger partial charge in [-0.2, -0.15) is 0 Å². The lowest BCUT2D eigenvalue weighted by atomic mass is 9.82. The van der Waals surface area contributed by atoms with Gasteiger partial charge in [0.15, 0.2) is 0 Å². The van der Waals surface area contributed by atoms with Gasteiger partial charge in [-0.15, -0.1) is 0 Å². The number of hydrogen-bond donors (Lipinski definition) is 2. The average molecular weight is 295 g/mol. The van der Waals surface area contributed by atoms with Crippen LogP contribution in [0.5, 0.6) is 0 Å². The van der Waals surface area contributed by atoms with E-state index in [0.717, 1.165) is 18.5 Å². The van der Waals surface area contributed by atoms with E-state index < -0.39 is 0 Å². The Morgan fingerprint density at radius 3 is 3.00 bits per heavy atom. The Kier molecular flexibility index (Phi) is 4.49. The number of aromatic nitrogens is 1. The summed E-state index contributed by atoms with van der Waals surface area (Å²) in [5, 5.41) is 2.92. The monoisotopic (exact) mass is 295 g/mol. The van der Waals surface area contributed by atoms with Crippen molar-refractivity contribution in [3.05, 3.63) is 65.0 Å². The van der Waals surface area contributed by atoms with Gasteiger partial charge in [0, 0.05) is 11.8 Å². The van der Waals surface area contributed by atoms with Crippen LogP contribution in [-0.4, -0.2) is 17.4 Å². The van der Waals surface area contributed by atoms with Gasteiger partial charge in [0.05, 0.1) is 12.2 Å². The molecule has 2 aromatic rings. The number of pyridine rings is 1. The fourth-order valence-corrected chi connectivity index (χ4v) is 3.06. The van der Waals surface area contributed by atoms with Crippen LogP contribution in [0.15, 0.2) is 42.6 Å². The number of amides is 1. The standard InChI is InChI=1S/C18H21N3O/c19-11-15-5-3-4-13-7-8-14(10-17(13)15)18(22)21-12-16-6-1-2-9-20-16/h1-2,6-10,15H,3-5,11-12,19H2,(H,21,22). The number of fused-ring (bicyclic) bond motifs is 1. The maximum Gasteiger partial charge on any atom is 0.251 e. The summed E-state index contributed by atoms with van der Waals surface area (Å²) in [5.41, 5.74) is 10.0. The Balaban J connectivity index is 1.73. The van der Waals surface area contributed by atoms with Crippen molar-refractivity contribution in [3.63, 3.8) is 0 Å². The molecule has 1 atom stereocenters. The molecule has 1 aliphatic rings. The average Bonchev–Trinajstić information content (AvgIpc) is 2.59. The molecule has 0 fully saturated rings. The van der Waals surface area contributed by atoms with Crippen molar-refractivity contribution in [1.82, 2.24) is 10.3 Å². The topological polar surface area (TPSA) is 68.0 Å². The summed E-state index contributed by atoms with van der Waals surface area (Å²) in [6, 6.07) is 11.7. The number of nitrogens with two attached hydrogens (primary N) is 1. The van der Waals surface area contributed by atoms with Crippen molar-refractivity contribution in [1.29, 1.82) is 0 Å². The minimum absolute atomic E-state index is 0.0604. The molecule has 1 aromatic heterocycles. The number of rotatable bonds is 4. The molecule has 1 aromatic carbocycles. The zero-order valence-corrected chi connectivity index (χ0v) is 12.6. The predicted molar refractivity (Wildman–Crippen MR) is 86.6 cm³/mol. The van der Waals surface area contributed by atoms with Crippen LogP contribution in [0.1, 0.15) is 45.9 Å². The maximum absolute atomic E-state index is 12.3. The van der Waals surface area contributed by atoms with Crippen molar-refractivity contribution in [3.8, 4) is 0 Å². The summed E-state index contributed by atoms with van der Waals surface area (Å²) in [6.07, 6.45) is 5.11. The molecule has 0 bridgehead atoms. The molecule has 1 heterocycles. The van der Waals surface area contributed by atoms with Crippen molar-refractivity contribution in [2.45, 2.75) is 31.7 Å². The second-order valence-corrected chi connectivity index (χ2v) is 5.74. The van der Waals surface area contributed by atoms with E-state index in [4.69, 9.17) is 5.73 Å². The van der Waals surface area contributed by atoms with Crippen molar-refractivity contribution in [2.24, 2.45) is 5.73 Å². The molecule has 4 nitrogen and oxygen atoms in total. The summed E-state index contributed by atoms with van der Waals surface area (Å²) in [5.74, 6) is 0.321. The number of nitrogens with zero attached hydrogens (tertiary/aromatic N) is 1. The molecule has 3 N–H and O–H groups in total. The van der Waals surface area contributed by atoms with E-state index in [1.807, 2.05) is 30.3 Å². The van der Waals surface area contributed by atoms with E-state index in [1.165, 1.54) is 17.5 Å². The molecule has 1 aliphatic carbocycles. The van der Waals surface area contributed by atoms with E-state index in [0.29, 0.717) is 24.6 Å². The molecule has 0 saturated heterocycles. The summed E-state index contributed by atoms with van der Waals surface area (Å²) in [6.45, 7) is 1.09. The third-order valence-electron chi connectivity index (χ3n) is 4.29. The highest BCUT2D eigenvalue weighted by Crippen LogP contribution is 2.31. The highest BCUT2D eigenvalue weighted by atomic mass is 16.1. The van der Waals surface area contributed by atoms with Gasteiger partial charge in [0.25, 0.3) is 5.91 Å².